The summed E-state index contributed by atoms with van der Waals surface area (Å²) in [5.74, 6) is 0.972. The maximum Gasteiger partial charge on any atom is 0.120 e. The van der Waals surface area contributed by atoms with E-state index in [2.05, 4.69) is 55.6 Å². The second-order valence-corrected chi connectivity index (χ2v) is 5.19. The van der Waals surface area contributed by atoms with Gasteiger partial charge in [0, 0.05) is 12.6 Å². The predicted octanol–water partition coefficient (Wildman–Crippen LogP) is 3.67. The molecule has 0 saturated carbocycles. The molecule has 1 atom stereocenters. The van der Waals surface area contributed by atoms with E-state index in [0.29, 0.717) is 6.04 Å². The Morgan fingerprint density at radius 2 is 2.06 bits per heavy atom. The summed E-state index contributed by atoms with van der Waals surface area (Å²) in [6.07, 6.45) is 8.22. The highest BCUT2D eigenvalue weighted by Crippen LogP contribution is 2.19. The van der Waals surface area contributed by atoms with Gasteiger partial charge in [-0.15, -0.1) is 0 Å². The molecule has 1 aromatic carbocycles. The molecule has 0 heterocycles. The highest BCUT2D eigenvalue weighted by molar-refractivity contribution is 5.27. The molecule has 0 spiro atoms. The third kappa shape index (κ3) is 4.19. The molecule has 1 aliphatic carbocycles. The summed E-state index contributed by atoms with van der Waals surface area (Å²) in [6, 6.07) is 8.93. The van der Waals surface area contributed by atoms with E-state index in [4.69, 9.17) is 4.74 Å². The van der Waals surface area contributed by atoms with Crippen LogP contribution in [0.1, 0.15) is 38.7 Å². The molecule has 18 heavy (non-hydrogen) atoms. The number of hydrogen-bond acceptors (Lipinski definition) is 2. The zero-order chi connectivity index (χ0) is 12.8. The topological polar surface area (TPSA) is 21.3 Å². The Kier molecular flexibility index (Phi) is 4.82. The fourth-order valence-electron chi connectivity index (χ4n) is 2.06. The van der Waals surface area contributed by atoms with Crippen molar-refractivity contribution >= 4 is 0 Å². The molecule has 98 valence electrons. The van der Waals surface area contributed by atoms with Crippen LogP contribution in [0.2, 0.25) is 0 Å². The lowest BCUT2D eigenvalue weighted by molar-refractivity contribution is 0.230. The maximum absolute atomic E-state index is 5.93. The first-order chi connectivity index (χ1) is 8.74. The van der Waals surface area contributed by atoms with Crippen LogP contribution in [-0.2, 0) is 6.54 Å². The molecule has 0 fully saturated rings. The van der Waals surface area contributed by atoms with E-state index in [1.165, 1.54) is 18.4 Å². The average molecular weight is 245 g/mol. The summed E-state index contributed by atoms with van der Waals surface area (Å²) in [5.41, 5.74) is 1.30. The van der Waals surface area contributed by atoms with Gasteiger partial charge in [0.05, 0.1) is 0 Å². The van der Waals surface area contributed by atoms with E-state index in [1.807, 2.05) is 0 Å². The molecular weight excluding hydrogens is 222 g/mol. The Hall–Kier alpha value is -1.28. The molecule has 0 bridgehead atoms. The number of hydrogen-bond donors (Lipinski definition) is 1. The summed E-state index contributed by atoms with van der Waals surface area (Å²) in [5, 5.41) is 3.41. The third-order valence-electron chi connectivity index (χ3n) is 3.14. The van der Waals surface area contributed by atoms with E-state index in [-0.39, 0.29) is 6.10 Å². The SMILES string of the molecule is CC(C)NCc1ccc(OC2C=CCCC2)cc1. The molecule has 0 aromatic heterocycles. The molecule has 0 radical (unpaired) electrons. The molecule has 1 aromatic rings. The molecule has 2 rings (SSSR count). The van der Waals surface area contributed by atoms with Gasteiger partial charge in [-0.05, 0) is 43.0 Å². The van der Waals surface area contributed by atoms with Gasteiger partial charge in [-0.3, -0.25) is 0 Å². The monoisotopic (exact) mass is 245 g/mol. The van der Waals surface area contributed by atoms with Crippen LogP contribution < -0.4 is 10.1 Å². The van der Waals surface area contributed by atoms with Crippen molar-refractivity contribution in [3.05, 3.63) is 42.0 Å². The van der Waals surface area contributed by atoms with Gasteiger partial charge >= 0.3 is 0 Å². The average Bonchev–Trinajstić information content (AvgIpc) is 2.39. The fraction of sp³-hybridized carbons (Fsp3) is 0.500. The molecule has 1 N–H and O–H groups in total. The van der Waals surface area contributed by atoms with Crippen molar-refractivity contribution in [3.8, 4) is 5.75 Å². The second kappa shape index (κ2) is 6.60. The largest absolute Gasteiger partial charge is 0.486 e. The Bertz CT molecular complexity index is 381. The van der Waals surface area contributed by atoms with Gasteiger partial charge in [0.25, 0.3) is 0 Å². The van der Waals surface area contributed by atoms with Crippen molar-refractivity contribution in [2.45, 2.75) is 51.8 Å². The Balaban J connectivity index is 1.86. The zero-order valence-corrected chi connectivity index (χ0v) is 11.4. The highest BCUT2D eigenvalue weighted by Gasteiger charge is 2.09. The van der Waals surface area contributed by atoms with Gasteiger partial charge in [0.1, 0.15) is 11.9 Å². The third-order valence-corrected chi connectivity index (χ3v) is 3.14. The first-order valence-corrected chi connectivity index (χ1v) is 6.89. The molecule has 1 aliphatic rings. The van der Waals surface area contributed by atoms with E-state index in [0.717, 1.165) is 18.7 Å². The maximum atomic E-state index is 5.93. The molecule has 0 saturated heterocycles. The normalized spacial score (nSPS) is 19.2. The lowest BCUT2D eigenvalue weighted by Gasteiger charge is -2.18. The first kappa shape index (κ1) is 13.2. The van der Waals surface area contributed by atoms with Gasteiger partial charge in [0.2, 0.25) is 0 Å². The predicted molar refractivity (Wildman–Crippen MR) is 75.8 cm³/mol. The van der Waals surface area contributed by atoms with Crippen LogP contribution in [0.15, 0.2) is 36.4 Å². The minimum atomic E-state index is 0.262. The lowest BCUT2D eigenvalue weighted by atomic mass is 10.1. The minimum absolute atomic E-state index is 0.262. The van der Waals surface area contributed by atoms with Gasteiger partial charge < -0.3 is 10.1 Å². The number of allylic oxidation sites excluding steroid dienone is 1. The standard InChI is InChI=1S/C16H23NO/c1-13(2)17-12-14-8-10-16(11-9-14)18-15-6-4-3-5-7-15/h4,6,8-11,13,15,17H,3,5,7,12H2,1-2H3. The number of nitrogens with one attached hydrogen (secondary N) is 1. The van der Waals surface area contributed by atoms with E-state index in [9.17, 15) is 0 Å². The number of ether oxygens (including phenoxy) is 1. The number of rotatable bonds is 5. The molecule has 0 aliphatic heterocycles. The quantitative estimate of drug-likeness (QED) is 0.799. The summed E-state index contributed by atoms with van der Waals surface area (Å²) >= 11 is 0. The lowest BCUT2D eigenvalue weighted by Crippen LogP contribution is -2.21. The summed E-state index contributed by atoms with van der Waals surface area (Å²) < 4.78 is 5.93. The van der Waals surface area contributed by atoms with Gasteiger partial charge in [-0.1, -0.05) is 32.1 Å². The van der Waals surface area contributed by atoms with Crippen LogP contribution in [0, 0.1) is 0 Å². The molecule has 1 unspecified atom stereocenters. The first-order valence-electron chi connectivity index (χ1n) is 6.89. The fourth-order valence-corrected chi connectivity index (χ4v) is 2.06. The van der Waals surface area contributed by atoms with Crippen molar-refractivity contribution < 1.29 is 4.74 Å². The van der Waals surface area contributed by atoms with E-state index >= 15 is 0 Å². The van der Waals surface area contributed by atoms with Gasteiger partial charge in [-0.25, -0.2) is 0 Å². The zero-order valence-electron chi connectivity index (χ0n) is 11.4. The molecular formula is C16H23NO. The summed E-state index contributed by atoms with van der Waals surface area (Å²) in [4.78, 5) is 0. The Labute approximate surface area is 110 Å². The van der Waals surface area contributed by atoms with Crippen LogP contribution in [0.5, 0.6) is 5.75 Å². The van der Waals surface area contributed by atoms with E-state index in [1.54, 1.807) is 0 Å². The van der Waals surface area contributed by atoms with Crippen LogP contribution in [0.25, 0.3) is 0 Å². The molecule has 0 amide bonds. The second-order valence-electron chi connectivity index (χ2n) is 5.19. The van der Waals surface area contributed by atoms with Crippen molar-refractivity contribution in [1.29, 1.82) is 0 Å². The van der Waals surface area contributed by atoms with E-state index < -0.39 is 0 Å². The van der Waals surface area contributed by atoms with Crippen LogP contribution >= 0.6 is 0 Å². The summed E-state index contributed by atoms with van der Waals surface area (Å²) in [6.45, 7) is 5.24. The van der Waals surface area contributed by atoms with Crippen LogP contribution in [-0.4, -0.2) is 12.1 Å². The van der Waals surface area contributed by atoms with Crippen LogP contribution in [0.4, 0.5) is 0 Å². The highest BCUT2D eigenvalue weighted by atomic mass is 16.5. The van der Waals surface area contributed by atoms with Gasteiger partial charge in [-0.2, -0.15) is 0 Å². The van der Waals surface area contributed by atoms with Gasteiger partial charge in [0.15, 0.2) is 0 Å². The summed E-state index contributed by atoms with van der Waals surface area (Å²) in [7, 11) is 0. The van der Waals surface area contributed by atoms with Crippen molar-refractivity contribution in [2.24, 2.45) is 0 Å². The molecule has 2 heteroatoms. The molecule has 2 nitrogen and oxygen atoms in total. The van der Waals surface area contributed by atoms with Crippen molar-refractivity contribution in [2.75, 3.05) is 0 Å². The smallest absolute Gasteiger partial charge is 0.120 e. The minimum Gasteiger partial charge on any atom is -0.486 e. The van der Waals surface area contributed by atoms with Crippen LogP contribution in [0.3, 0.4) is 0 Å². The van der Waals surface area contributed by atoms with Crippen molar-refractivity contribution in [3.63, 3.8) is 0 Å². The number of benzene rings is 1. The van der Waals surface area contributed by atoms with Crippen molar-refractivity contribution in [1.82, 2.24) is 5.32 Å². The Morgan fingerprint density at radius 3 is 2.67 bits per heavy atom. The Morgan fingerprint density at radius 1 is 1.28 bits per heavy atom.